The van der Waals surface area contributed by atoms with Gasteiger partial charge in [0, 0.05) is 24.7 Å². The van der Waals surface area contributed by atoms with Crippen molar-refractivity contribution >= 4 is 28.5 Å². The summed E-state index contributed by atoms with van der Waals surface area (Å²) < 4.78 is 52.2. The molecule has 0 bridgehead atoms. The Kier molecular flexibility index (Phi) is 12.5. The van der Waals surface area contributed by atoms with E-state index in [2.05, 4.69) is 5.32 Å². The maximum absolute atomic E-state index is 13.3. The summed E-state index contributed by atoms with van der Waals surface area (Å²) in [6.07, 6.45) is -1.87. The van der Waals surface area contributed by atoms with Crippen LogP contribution in [0.3, 0.4) is 0 Å². The summed E-state index contributed by atoms with van der Waals surface area (Å²) in [5.41, 5.74) is 0.228. The molecule has 4 atom stereocenters. The standard InChI is InChI=1S/C32H40F3IN2O7/c1-44-27-14-20(18-40)13-24(36)29(27)45-26-16-22(30(42)37-11-12-39)15-25(28(26)41)38(17-19-5-3-2-4-6-19)31(43)21-7-9-23(10-8-21)32(33,34)35/h7-10,13-14,16,19,25-26,28,31,39-41,43H,2-6,11-12,15,17-18H2,1H3,(H,37,42)/t25-,26+,28+,31?/m1/s1. The minimum absolute atomic E-state index is 0.00320. The molecule has 4 rings (SSSR count). The van der Waals surface area contributed by atoms with E-state index in [1.54, 1.807) is 17.0 Å². The van der Waals surface area contributed by atoms with Crippen molar-refractivity contribution in [2.24, 2.45) is 5.92 Å². The molecule has 2 aromatic rings. The second-order valence-electron chi connectivity index (χ2n) is 11.5. The number of nitrogens with zero attached hydrogens (tertiary/aromatic N) is 1. The first-order valence-corrected chi connectivity index (χ1v) is 16.1. The van der Waals surface area contributed by atoms with Crippen molar-refractivity contribution in [2.45, 2.75) is 75.8 Å². The predicted octanol–water partition coefficient (Wildman–Crippen LogP) is 4.30. The van der Waals surface area contributed by atoms with Gasteiger partial charge in [-0.05, 0) is 89.2 Å². The lowest BCUT2D eigenvalue weighted by Crippen LogP contribution is -2.55. The minimum atomic E-state index is -4.54. The smallest absolute Gasteiger partial charge is 0.416 e. The highest BCUT2D eigenvalue weighted by Crippen LogP contribution is 2.39. The number of carbonyl (C=O) groups is 1. The molecule has 2 aromatic carbocycles. The molecule has 0 heterocycles. The Morgan fingerprint density at radius 2 is 1.82 bits per heavy atom. The van der Waals surface area contributed by atoms with Crippen LogP contribution in [0.1, 0.15) is 61.4 Å². The van der Waals surface area contributed by atoms with Gasteiger partial charge in [-0.3, -0.25) is 9.69 Å². The van der Waals surface area contributed by atoms with Crippen LogP contribution in [0.4, 0.5) is 13.2 Å². The number of hydrogen-bond acceptors (Lipinski definition) is 8. The molecule has 0 radical (unpaired) electrons. The van der Waals surface area contributed by atoms with E-state index in [0.29, 0.717) is 21.4 Å². The number of amides is 1. The molecule has 1 amide bonds. The van der Waals surface area contributed by atoms with Gasteiger partial charge < -0.3 is 35.2 Å². The highest BCUT2D eigenvalue weighted by atomic mass is 127. The Balaban J connectivity index is 1.73. The fourth-order valence-electron chi connectivity index (χ4n) is 6.03. The number of carbonyl (C=O) groups excluding carboxylic acids is 1. The van der Waals surface area contributed by atoms with Crippen LogP contribution in [-0.2, 0) is 17.6 Å². The van der Waals surface area contributed by atoms with Crippen LogP contribution >= 0.6 is 22.6 Å². The lowest BCUT2D eigenvalue weighted by atomic mass is 9.84. The molecule has 2 aliphatic rings. The topological polar surface area (TPSA) is 132 Å². The van der Waals surface area contributed by atoms with Gasteiger partial charge in [0.15, 0.2) is 11.5 Å². The Bertz CT molecular complexity index is 1320. The Hall–Kier alpha value is -2.43. The molecule has 1 unspecified atom stereocenters. The first-order chi connectivity index (χ1) is 21.5. The summed E-state index contributed by atoms with van der Waals surface area (Å²) in [6.45, 7) is -0.163. The lowest BCUT2D eigenvalue weighted by molar-refractivity contribution is -0.137. The van der Waals surface area contributed by atoms with E-state index < -0.39 is 42.1 Å². The fraction of sp³-hybridized carbons (Fsp3) is 0.531. The Labute approximate surface area is 274 Å². The molecule has 248 valence electrons. The van der Waals surface area contributed by atoms with E-state index in [-0.39, 0.29) is 49.0 Å². The molecular formula is C32H40F3IN2O7. The minimum Gasteiger partial charge on any atom is -0.493 e. The zero-order chi connectivity index (χ0) is 32.7. The number of nitrogens with one attached hydrogen (secondary N) is 1. The second kappa shape index (κ2) is 15.9. The van der Waals surface area contributed by atoms with Gasteiger partial charge in [0.25, 0.3) is 0 Å². The van der Waals surface area contributed by atoms with E-state index >= 15 is 0 Å². The van der Waals surface area contributed by atoms with Gasteiger partial charge in [0.2, 0.25) is 5.91 Å². The molecule has 0 aliphatic heterocycles. The third-order valence-electron chi connectivity index (χ3n) is 8.41. The molecule has 45 heavy (non-hydrogen) atoms. The van der Waals surface area contributed by atoms with Gasteiger partial charge in [0.05, 0.1) is 29.5 Å². The molecule has 13 heteroatoms. The third-order valence-corrected chi connectivity index (χ3v) is 9.21. The number of ether oxygens (including phenoxy) is 2. The Morgan fingerprint density at radius 3 is 2.42 bits per heavy atom. The summed E-state index contributed by atoms with van der Waals surface area (Å²) >= 11 is 2.02. The van der Waals surface area contributed by atoms with E-state index in [4.69, 9.17) is 9.47 Å². The van der Waals surface area contributed by atoms with Crippen LogP contribution in [0.25, 0.3) is 0 Å². The molecule has 0 spiro atoms. The van der Waals surface area contributed by atoms with Crippen molar-refractivity contribution in [3.8, 4) is 11.5 Å². The summed E-state index contributed by atoms with van der Waals surface area (Å²) in [6, 6.07) is 6.72. The van der Waals surface area contributed by atoms with Crippen molar-refractivity contribution < 1.29 is 47.9 Å². The summed E-state index contributed by atoms with van der Waals surface area (Å²) in [5, 5.41) is 45.1. The number of halogens is 4. The average Bonchev–Trinajstić information content (AvgIpc) is 3.04. The van der Waals surface area contributed by atoms with Crippen molar-refractivity contribution in [3.05, 3.63) is 68.3 Å². The maximum atomic E-state index is 13.3. The van der Waals surface area contributed by atoms with E-state index in [1.807, 2.05) is 22.6 Å². The van der Waals surface area contributed by atoms with Crippen LogP contribution in [0, 0.1) is 9.49 Å². The molecular weight excluding hydrogens is 708 g/mol. The van der Waals surface area contributed by atoms with E-state index in [0.717, 1.165) is 44.2 Å². The number of benzene rings is 2. The first-order valence-electron chi connectivity index (χ1n) is 15.0. The SMILES string of the molecule is COc1cc(CO)cc(I)c1O[C@H]1C=C(C(=O)NCCO)C[C@@H](N(CC2CCCCC2)C(O)c2ccc(C(F)(F)F)cc2)[C@@H]1O. The number of aliphatic hydroxyl groups excluding tert-OH is 4. The van der Waals surface area contributed by atoms with Crippen molar-refractivity contribution in [3.63, 3.8) is 0 Å². The van der Waals surface area contributed by atoms with Gasteiger partial charge in [-0.15, -0.1) is 0 Å². The van der Waals surface area contributed by atoms with Gasteiger partial charge in [-0.25, -0.2) is 0 Å². The highest BCUT2D eigenvalue weighted by molar-refractivity contribution is 14.1. The lowest BCUT2D eigenvalue weighted by Gasteiger charge is -2.44. The summed E-state index contributed by atoms with van der Waals surface area (Å²) in [7, 11) is 1.44. The van der Waals surface area contributed by atoms with Crippen LogP contribution < -0.4 is 14.8 Å². The second-order valence-corrected chi connectivity index (χ2v) is 12.6. The van der Waals surface area contributed by atoms with Crippen molar-refractivity contribution in [1.82, 2.24) is 10.2 Å². The fourth-order valence-corrected chi connectivity index (χ4v) is 6.83. The highest BCUT2D eigenvalue weighted by Gasteiger charge is 2.42. The van der Waals surface area contributed by atoms with Crippen LogP contribution in [-0.4, -0.2) is 76.3 Å². The average molecular weight is 749 g/mol. The normalized spacial score (nSPS) is 21.7. The van der Waals surface area contributed by atoms with Gasteiger partial charge in [-0.2, -0.15) is 13.2 Å². The van der Waals surface area contributed by atoms with E-state index in [9.17, 15) is 38.4 Å². The third kappa shape index (κ3) is 8.89. The van der Waals surface area contributed by atoms with Crippen molar-refractivity contribution in [1.29, 1.82) is 0 Å². The van der Waals surface area contributed by atoms with Crippen LogP contribution in [0.15, 0.2) is 48.0 Å². The van der Waals surface area contributed by atoms with Crippen molar-refractivity contribution in [2.75, 3.05) is 26.8 Å². The predicted molar refractivity (Wildman–Crippen MR) is 168 cm³/mol. The molecule has 2 aliphatic carbocycles. The number of methoxy groups -OCH3 is 1. The largest absolute Gasteiger partial charge is 0.493 e. The number of alkyl halides is 3. The zero-order valence-corrected chi connectivity index (χ0v) is 27.1. The number of aliphatic hydroxyl groups is 4. The number of rotatable bonds is 12. The van der Waals surface area contributed by atoms with E-state index in [1.165, 1.54) is 25.3 Å². The Morgan fingerprint density at radius 1 is 1.13 bits per heavy atom. The monoisotopic (exact) mass is 748 g/mol. The van der Waals surface area contributed by atoms with Crippen LogP contribution in [0.5, 0.6) is 11.5 Å². The van der Waals surface area contributed by atoms with Gasteiger partial charge in [0.1, 0.15) is 18.4 Å². The van der Waals surface area contributed by atoms with Gasteiger partial charge >= 0.3 is 6.18 Å². The first kappa shape index (κ1) is 35.4. The molecule has 0 saturated heterocycles. The molecule has 5 N–H and O–H groups in total. The summed E-state index contributed by atoms with van der Waals surface area (Å²) in [5.74, 6) is 0.282. The zero-order valence-electron chi connectivity index (χ0n) is 25.0. The molecule has 1 saturated carbocycles. The van der Waals surface area contributed by atoms with Crippen LogP contribution in [0.2, 0.25) is 0 Å². The summed E-state index contributed by atoms with van der Waals surface area (Å²) in [4.78, 5) is 14.9. The maximum Gasteiger partial charge on any atom is 0.416 e. The molecule has 9 nitrogen and oxygen atoms in total. The number of hydrogen-bond donors (Lipinski definition) is 5. The molecule has 1 fully saturated rings. The molecule has 0 aromatic heterocycles. The quantitative estimate of drug-likeness (QED) is 0.161. The van der Waals surface area contributed by atoms with Gasteiger partial charge in [-0.1, -0.05) is 31.4 Å².